The molecule has 0 saturated heterocycles. The van der Waals surface area contributed by atoms with Crippen LogP contribution < -0.4 is 0 Å². The van der Waals surface area contributed by atoms with E-state index in [1.54, 1.807) is 28.9 Å². The summed E-state index contributed by atoms with van der Waals surface area (Å²) in [5.74, 6) is -0.391. The van der Waals surface area contributed by atoms with Crippen LogP contribution in [0.1, 0.15) is 27.3 Å². The van der Waals surface area contributed by atoms with Crippen LogP contribution in [0.2, 0.25) is 0 Å². The van der Waals surface area contributed by atoms with Crippen molar-refractivity contribution < 1.29 is 14.0 Å². The Morgan fingerprint density at radius 3 is 2.84 bits per heavy atom. The molecule has 0 aromatic carbocycles. The molecule has 19 heavy (non-hydrogen) atoms. The van der Waals surface area contributed by atoms with E-state index < -0.39 is 0 Å². The lowest BCUT2D eigenvalue weighted by Gasteiger charge is -1.97. The SMILES string of the molecule is O=C(CC(=O)c1cnn2ccccc12)c1ccco1. The maximum Gasteiger partial charge on any atom is 0.205 e. The third kappa shape index (κ3) is 2.06. The fourth-order valence-electron chi connectivity index (χ4n) is 1.91. The topological polar surface area (TPSA) is 64.6 Å². The number of hydrogen-bond acceptors (Lipinski definition) is 4. The third-order valence-corrected chi connectivity index (χ3v) is 2.84. The number of ketones is 2. The predicted molar refractivity (Wildman–Crippen MR) is 67.2 cm³/mol. The van der Waals surface area contributed by atoms with Crippen LogP contribution in [0.4, 0.5) is 0 Å². The van der Waals surface area contributed by atoms with E-state index in [0.717, 1.165) is 0 Å². The van der Waals surface area contributed by atoms with Crippen molar-refractivity contribution >= 4 is 17.1 Å². The fraction of sp³-hybridized carbons (Fsp3) is 0.0714. The Kier molecular flexibility index (Phi) is 2.72. The highest BCUT2D eigenvalue weighted by Gasteiger charge is 2.18. The van der Waals surface area contributed by atoms with E-state index in [1.807, 2.05) is 12.1 Å². The van der Waals surface area contributed by atoms with E-state index in [4.69, 9.17) is 4.42 Å². The molecular formula is C14H10N2O3. The van der Waals surface area contributed by atoms with Crippen LogP contribution >= 0.6 is 0 Å². The van der Waals surface area contributed by atoms with Gasteiger partial charge >= 0.3 is 0 Å². The van der Waals surface area contributed by atoms with Crippen molar-refractivity contribution in [2.75, 3.05) is 0 Å². The lowest BCUT2D eigenvalue weighted by molar-refractivity contribution is 0.0879. The van der Waals surface area contributed by atoms with Crippen molar-refractivity contribution in [2.45, 2.75) is 6.42 Å². The number of pyridine rings is 1. The number of nitrogens with zero attached hydrogens (tertiary/aromatic N) is 2. The van der Waals surface area contributed by atoms with Crippen LogP contribution in [0.3, 0.4) is 0 Å². The summed E-state index contributed by atoms with van der Waals surface area (Å²) >= 11 is 0. The van der Waals surface area contributed by atoms with Gasteiger partial charge in [-0.05, 0) is 24.3 Å². The van der Waals surface area contributed by atoms with Gasteiger partial charge < -0.3 is 4.42 Å². The normalized spacial score (nSPS) is 10.7. The molecule has 0 aliphatic heterocycles. The molecule has 0 unspecified atom stereocenters. The van der Waals surface area contributed by atoms with Crippen molar-refractivity contribution in [3.63, 3.8) is 0 Å². The van der Waals surface area contributed by atoms with E-state index >= 15 is 0 Å². The zero-order valence-electron chi connectivity index (χ0n) is 9.95. The first kappa shape index (κ1) is 11.4. The maximum atomic E-state index is 12.1. The van der Waals surface area contributed by atoms with E-state index in [0.29, 0.717) is 11.1 Å². The first-order valence-electron chi connectivity index (χ1n) is 5.78. The molecule has 0 amide bonds. The van der Waals surface area contributed by atoms with Gasteiger partial charge in [-0.25, -0.2) is 4.52 Å². The van der Waals surface area contributed by atoms with Crippen LogP contribution in [-0.4, -0.2) is 21.2 Å². The second-order valence-electron chi connectivity index (χ2n) is 4.09. The number of hydrogen-bond donors (Lipinski definition) is 0. The van der Waals surface area contributed by atoms with Gasteiger partial charge in [0, 0.05) is 6.20 Å². The maximum absolute atomic E-state index is 12.1. The first-order valence-corrected chi connectivity index (χ1v) is 5.78. The fourth-order valence-corrected chi connectivity index (χ4v) is 1.91. The Labute approximate surface area is 108 Å². The monoisotopic (exact) mass is 254 g/mol. The Morgan fingerprint density at radius 1 is 1.16 bits per heavy atom. The number of Topliss-reactive ketones (excluding diaryl/α,β-unsaturated/α-hetero) is 2. The highest BCUT2D eigenvalue weighted by molar-refractivity contribution is 6.14. The highest BCUT2D eigenvalue weighted by Crippen LogP contribution is 2.14. The summed E-state index contributed by atoms with van der Waals surface area (Å²) in [5, 5.41) is 4.07. The summed E-state index contributed by atoms with van der Waals surface area (Å²) in [5.41, 5.74) is 1.14. The number of fused-ring (bicyclic) bond motifs is 1. The van der Waals surface area contributed by atoms with E-state index in [1.165, 1.54) is 12.5 Å². The molecule has 94 valence electrons. The summed E-state index contributed by atoms with van der Waals surface area (Å²) in [7, 11) is 0. The van der Waals surface area contributed by atoms with Crippen molar-refractivity contribution in [2.24, 2.45) is 0 Å². The summed E-state index contributed by atoms with van der Waals surface area (Å²) in [6.07, 6.45) is 4.42. The van der Waals surface area contributed by atoms with Crippen molar-refractivity contribution in [1.82, 2.24) is 9.61 Å². The van der Waals surface area contributed by atoms with Crippen LogP contribution in [0.25, 0.3) is 5.52 Å². The molecule has 3 aromatic heterocycles. The Morgan fingerprint density at radius 2 is 2.05 bits per heavy atom. The van der Waals surface area contributed by atoms with Crippen molar-refractivity contribution in [3.05, 3.63) is 60.3 Å². The minimum Gasteiger partial charge on any atom is -0.461 e. The molecule has 0 fully saturated rings. The molecule has 3 rings (SSSR count). The Hall–Kier alpha value is -2.69. The lowest BCUT2D eigenvalue weighted by Crippen LogP contribution is -2.07. The lowest BCUT2D eigenvalue weighted by atomic mass is 10.1. The van der Waals surface area contributed by atoms with E-state index in [-0.39, 0.29) is 23.7 Å². The second-order valence-corrected chi connectivity index (χ2v) is 4.09. The van der Waals surface area contributed by atoms with Gasteiger partial charge in [0.15, 0.2) is 11.5 Å². The summed E-state index contributed by atoms with van der Waals surface area (Å²) in [6.45, 7) is 0. The van der Waals surface area contributed by atoms with Gasteiger partial charge in [-0.2, -0.15) is 5.10 Å². The van der Waals surface area contributed by atoms with Gasteiger partial charge in [-0.3, -0.25) is 9.59 Å². The van der Waals surface area contributed by atoms with Crippen LogP contribution in [0, 0.1) is 0 Å². The number of carbonyl (C=O) groups is 2. The molecule has 0 bridgehead atoms. The third-order valence-electron chi connectivity index (χ3n) is 2.84. The smallest absolute Gasteiger partial charge is 0.205 e. The molecule has 3 heterocycles. The van der Waals surface area contributed by atoms with Crippen molar-refractivity contribution in [3.8, 4) is 0 Å². The van der Waals surface area contributed by atoms with Crippen LogP contribution in [-0.2, 0) is 0 Å². The number of furan rings is 1. The molecule has 3 aromatic rings. The van der Waals surface area contributed by atoms with Gasteiger partial charge in [0.25, 0.3) is 0 Å². The van der Waals surface area contributed by atoms with E-state index in [2.05, 4.69) is 5.10 Å². The number of rotatable bonds is 4. The van der Waals surface area contributed by atoms with Crippen molar-refractivity contribution in [1.29, 1.82) is 0 Å². The first-order chi connectivity index (χ1) is 9.25. The predicted octanol–water partition coefficient (Wildman–Crippen LogP) is 2.38. The standard InChI is InChI=1S/C14H10N2O3/c17-12(8-13(18)14-5-3-7-19-14)10-9-15-16-6-2-1-4-11(10)16/h1-7,9H,8H2. The van der Waals surface area contributed by atoms with Crippen LogP contribution in [0.5, 0.6) is 0 Å². The molecule has 0 radical (unpaired) electrons. The van der Waals surface area contributed by atoms with Gasteiger partial charge in [-0.1, -0.05) is 6.07 Å². The minimum absolute atomic E-state index is 0.199. The van der Waals surface area contributed by atoms with Gasteiger partial charge in [0.1, 0.15) is 0 Å². The molecule has 0 saturated carbocycles. The number of aromatic nitrogens is 2. The Balaban J connectivity index is 1.86. The average molecular weight is 254 g/mol. The molecule has 0 spiro atoms. The molecule has 0 aliphatic carbocycles. The van der Waals surface area contributed by atoms with E-state index in [9.17, 15) is 9.59 Å². The molecule has 0 aliphatic rings. The minimum atomic E-state index is -0.328. The highest BCUT2D eigenvalue weighted by atomic mass is 16.3. The van der Waals surface area contributed by atoms with Gasteiger partial charge in [0.05, 0.1) is 30.0 Å². The molecule has 0 atom stereocenters. The summed E-state index contributed by atoms with van der Waals surface area (Å²) < 4.78 is 6.58. The molecule has 5 heteroatoms. The summed E-state index contributed by atoms with van der Waals surface area (Å²) in [4.78, 5) is 23.9. The molecular weight excluding hydrogens is 244 g/mol. The average Bonchev–Trinajstić information content (AvgIpc) is 3.08. The van der Waals surface area contributed by atoms with Gasteiger partial charge in [0.2, 0.25) is 5.78 Å². The second kappa shape index (κ2) is 4.53. The molecule has 5 nitrogen and oxygen atoms in total. The van der Waals surface area contributed by atoms with Crippen LogP contribution in [0.15, 0.2) is 53.4 Å². The quantitative estimate of drug-likeness (QED) is 0.529. The zero-order valence-corrected chi connectivity index (χ0v) is 9.95. The summed E-state index contributed by atoms with van der Waals surface area (Å²) in [6, 6.07) is 8.60. The largest absolute Gasteiger partial charge is 0.461 e. The number of carbonyl (C=O) groups excluding carboxylic acids is 2. The zero-order chi connectivity index (χ0) is 13.2. The van der Waals surface area contributed by atoms with Gasteiger partial charge in [-0.15, -0.1) is 0 Å². The molecule has 0 N–H and O–H groups in total. The Bertz CT molecular complexity index is 741.